The summed E-state index contributed by atoms with van der Waals surface area (Å²) < 4.78 is 1.91. The van der Waals surface area contributed by atoms with Crippen LogP contribution in [0.5, 0.6) is 5.75 Å². The number of amidine groups is 2. The third kappa shape index (κ3) is 3.94. The van der Waals surface area contributed by atoms with E-state index in [4.69, 9.17) is 15.1 Å². The Hall–Kier alpha value is -5.17. The highest BCUT2D eigenvalue weighted by molar-refractivity contribution is 6.51. The van der Waals surface area contributed by atoms with Crippen LogP contribution in [0, 0.1) is 20.8 Å². The molecular formula is C33H28N6O. The van der Waals surface area contributed by atoms with Gasteiger partial charge in [-0.25, -0.2) is 14.7 Å². The zero-order valence-electron chi connectivity index (χ0n) is 22.5. The van der Waals surface area contributed by atoms with Crippen LogP contribution in [0.2, 0.25) is 0 Å². The molecule has 3 heterocycles. The SMILES string of the molecule is Cc1ccc(NC2=Nc3ccccc3N3C2=Nc2c(c(C)nn2-c2ccc(C)cc2)[C@H]3c2cccc(O)c2)cc1. The van der Waals surface area contributed by atoms with E-state index in [-0.39, 0.29) is 11.8 Å². The molecular weight excluding hydrogens is 496 g/mol. The number of aromatic hydroxyl groups is 1. The highest BCUT2D eigenvalue weighted by Crippen LogP contribution is 2.48. The first kappa shape index (κ1) is 23.9. The molecule has 1 atom stereocenters. The van der Waals surface area contributed by atoms with Crippen LogP contribution < -0.4 is 10.2 Å². The molecule has 0 radical (unpaired) electrons. The second kappa shape index (κ2) is 9.24. The van der Waals surface area contributed by atoms with E-state index >= 15 is 0 Å². The van der Waals surface area contributed by atoms with E-state index in [0.29, 0.717) is 11.7 Å². The molecule has 0 saturated carbocycles. The van der Waals surface area contributed by atoms with E-state index in [1.807, 2.05) is 60.1 Å². The van der Waals surface area contributed by atoms with Gasteiger partial charge in [0.15, 0.2) is 17.5 Å². The van der Waals surface area contributed by atoms with Gasteiger partial charge in [-0.15, -0.1) is 0 Å². The Labute approximate surface area is 232 Å². The summed E-state index contributed by atoms with van der Waals surface area (Å²) in [5.41, 5.74) is 8.80. The number of fused-ring (bicyclic) bond motifs is 4. The van der Waals surface area contributed by atoms with E-state index in [2.05, 4.69) is 66.5 Å². The van der Waals surface area contributed by atoms with Crippen LogP contribution >= 0.6 is 0 Å². The fourth-order valence-electron chi connectivity index (χ4n) is 5.45. The van der Waals surface area contributed by atoms with Crippen LogP contribution in [0.4, 0.5) is 22.9 Å². The average molecular weight is 525 g/mol. The van der Waals surface area contributed by atoms with Gasteiger partial charge < -0.3 is 15.3 Å². The molecule has 2 N–H and O–H groups in total. The Balaban J connectivity index is 1.49. The average Bonchev–Trinajstić information content (AvgIpc) is 3.29. The van der Waals surface area contributed by atoms with Crippen LogP contribution in [-0.4, -0.2) is 26.6 Å². The van der Waals surface area contributed by atoms with Crippen molar-refractivity contribution in [2.45, 2.75) is 26.8 Å². The Morgan fingerprint density at radius 2 is 1.50 bits per heavy atom. The van der Waals surface area contributed by atoms with E-state index < -0.39 is 0 Å². The molecule has 1 aromatic heterocycles. The molecule has 0 saturated heterocycles. The molecule has 2 aliphatic rings. The third-order valence-electron chi connectivity index (χ3n) is 7.42. The van der Waals surface area contributed by atoms with Crippen molar-refractivity contribution in [3.05, 3.63) is 125 Å². The maximum Gasteiger partial charge on any atom is 0.179 e. The number of hydrogen-bond acceptors (Lipinski definition) is 6. The van der Waals surface area contributed by atoms with Crippen molar-refractivity contribution >= 4 is 34.6 Å². The normalized spacial score (nSPS) is 15.5. The lowest BCUT2D eigenvalue weighted by molar-refractivity contribution is 0.474. The summed E-state index contributed by atoms with van der Waals surface area (Å²) in [6.45, 7) is 6.17. The van der Waals surface area contributed by atoms with Crippen molar-refractivity contribution in [3.8, 4) is 11.4 Å². The summed E-state index contributed by atoms with van der Waals surface area (Å²) in [6, 6.07) is 31.8. The fourth-order valence-corrected chi connectivity index (χ4v) is 5.45. The second-order valence-electron chi connectivity index (χ2n) is 10.3. The van der Waals surface area contributed by atoms with E-state index in [1.165, 1.54) is 11.1 Å². The first-order chi connectivity index (χ1) is 19.5. The smallest absolute Gasteiger partial charge is 0.179 e. The van der Waals surface area contributed by atoms with Crippen molar-refractivity contribution in [3.63, 3.8) is 0 Å². The number of hydrogen-bond donors (Lipinski definition) is 2. The van der Waals surface area contributed by atoms with Gasteiger partial charge in [0.05, 0.1) is 28.8 Å². The second-order valence-corrected chi connectivity index (χ2v) is 10.3. The molecule has 0 unspecified atom stereocenters. The number of benzene rings is 4. The zero-order valence-corrected chi connectivity index (χ0v) is 22.5. The number of para-hydroxylation sites is 2. The molecule has 0 fully saturated rings. The molecule has 0 amide bonds. The quantitative estimate of drug-likeness (QED) is 0.260. The molecule has 7 rings (SSSR count). The summed E-state index contributed by atoms with van der Waals surface area (Å²) in [7, 11) is 0. The number of phenolic OH excluding ortho intramolecular Hbond substituents is 1. The summed E-state index contributed by atoms with van der Waals surface area (Å²) in [5.74, 6) is 2.29. The highest BCUT2D eigenvalue weighted by Gasteiger charge is 2.41. The van der Waals surface area contributed by atoms with Crippen molar-refractivity contribution in [2.75, 3.05) is 10.2 Å². The Morgan fingerprint density at radius 3 is 2.25 bits per heavy atom. The number of aliphatic imine (C=N–C) groups is 2. The lowest BCUT2D eigenvalue weighted by Crippen LogP contribution is -2.46. The zero-order chi connectivity index (χ0) is 27.4. The third-order valence-corrected chi connectivity index (χ3v) is 7.42. The molecule has 0 bridgehead atoms. The molecule has 7 heteroatoms. The molecule has 0 spiro atoms. The summed E-state index contributed by atoms with van der Waals surface area (Å²) in [4.78, 5) is 12.5. The van der Waals surface area contributed by atoms with Crippen LogP contribution in [-0.2, 0) is 0 Å². The van der Waals surface area contributed by atoms with E-state index in [9.17, 15) is 5.11 Å². The van der Waals surface area contributed by atoms with Gasteiger partial charge in [-0.2, -0.15) is 5.10 Å². The van der Waals surface area contributed by atoms with Crippen LogP contribution in [0.25, 0.3) is 5.69 Å². The van der Waals surface area contributed by atoms with Gasteiger partial charge in [0.2, 0.25) is 0 Å². The molecule has 4 aromatic carbocycles. The number of anilines is 2. The standard InChI is InChI=1S/C33H28N6O/c1-20-11-15-24(16-12-20)34-31-33-36-32-29(22(3)37-39(32)25-17-13-21(2)14-18-25)30(23-7-6-8-26(40)19-23)38(33)28-10-5-4-9-27(28)35-31/h4-19,30,40H,1-3H3,(H,34,35)/t30-/m1/s1. The largest absolute Gasteiger partial charge is 0.508 e. The first-order valence-electron chi connectivity index (χ1n) is 13.3. The van der Waals surface area contributed by atoms with E-state index in [1.54, 1.807) is 6.07 Å². The highest BCUT2D eigenvalue weighted by atomic mass is 16.3. The molecule has 0 aliphatic carbocycles. The Morgan fingerprint density at radius 1 is 0.775 bits per heavy atom. The Kier molecular flexibility index (Phi) is 5.52. The minimum Gasteiger partial charge on any atom is -0.508 e. The molecule has 5 aromatic rings. The number of aromatic nitrogens is 2. The summed E-state index contributed by atoms with van der Waals surface area (Å²) in [5, 5.41) is 19.0. The van der Waals surface area contributed by atoms with E-state index in [0.717, 1.165) is 45.4 Å². The van der Waals surface area contributed by atoms with Crippen molar-refractivity contribution in [2.24, 2.45) is 9.98 Å². The van der Waals surface area contributed by atoms with Crippen molar-refractivity contribution < 1.29 is 5.11 Å². The number of phenols is 1. The van der Waals surface area contributed by atoms with Crippen LogP contribution in [0.15, 0.2) is 107 Å². The van der Waals surface area contributed by atoms with Crippen LogP contribution in [0.1, 0.15) is 34.0 Å². The minimum atomic E-state index is -0.291. The molecule has 7 nitrogen and oxygen atoms in total. The van der Waals surface area contributed by atoms with Crippen molar-refractivity contribution in [1.82, 2.24) is 9.78 Å². The predicted octanol–water partition coefficient (Wildman–Crippen LogP) is 7.30. The Bertz CT molecular complexity index is 1820. The van der Waals surface area contributed by atoms with Gasteiger partial charge >= 0.3 is 0 Å². The number of nitrogens with zero attached hydrogens (tertiary/aromatic N) is 5. The maximum absolute atomic E-state index is 10.5. The van der Waals surface area contributed by atoms with Gasteiger partial charge in [0.25, 0.3) is 0 Å². The lowest BCUT2D eigenvalue weighted by atomic mass is 9.93. The predicted molar refractivity (Wildman–Crippen MR) is 161 cm³/mol. The van der Waals surface area contributed by atoms with Gasteiger partial charge in [-0.3, -0.25) is 0 Å². The summed E-state index contributed by atoms with van der Waals surface area (Å²) >= 11 is 0. The number of nitrogens with one attached hydrogen (secondary N) is 1. The van der Waals surface area contributed by atoms with Gasteiger partial charge in [-0.1, -0.05) is 59.7 Å². The first-order valence-corrected chi connectivity index (χ1v) is 13.3. The fraction of sp³-hybridized carbons (Fsp3) is 0.121. The van der Waals surface area contributed by atoms with Gasteiger partial charge in [0.1, 0.15) is 5.75 Å². The summed E-state index contributed by atoms with van der Waals surface area (Å²) in [6.07, 6.45) is 0. The van der Waals surface area contributed by atoms with Crippen molar-refractivity contribution in [1.29, 1.82) is 0 Å². The van der Waals surface area contributed by atoms with Gasteiger partial charge in [-0.05, 0) is 74.9 Å². The van der Waals surface area contributed by atoms with Crippen LogP contribution in [0.3, 0.4) is 0 Å². The monoisotopic (exact) mass is 524 g/mol. The topological polar surface area (TPSA) is 78.0 Å². The molecule has 196 valence electrons. The lowest BCUT2D eigenvalue weighted by Gasteiger charge is -2.40. The molecule has 2 aliphatic heterocycles. The van der Waals surface area contributed by atoms with Gasteiger partial charge in [0, 0.05) is 11.3 Å². The maximum atomic E-state index is 10.5. The number of rotatable bonds is 3. The minimum absolute atomic E-state index is 0.212. The number of aryl methyl sites for hydroxylation is 3. The molecule has 40 heavy (non-hydrogen) atoms.